The molecule has 0 saturated heterocycles. The van der Waals surface area contributed by atoms with Gasteiger partial charge >= 0.3 is 0 Å². The largest absolute Gasteiger partial charge is 0.278 e. The summed E-state index contributed by atoms with van der Waals surface area (Å²) in [6.07, 6.45) is 0. The minimum atomic E-state index is -0.542. The molecule has 10 rings (SSSR count). The van der Waals surface area contributed by atoms with E-state index in [1.54, 1.807) is 0 Å². The highest BCUT2D eigenvalue weighted by Crippen LogP contribution is 2.60. The van der Waals surface area contributed by atoms with Crippen molar-refractivity contribution >= 4 is 17.3 Å². The van der Waals surface area contributed by atoms with Crippen LogP contribution in [0.25, 0.3) is 33.9 Å². The topological polar surface area (TPSA) is 41.9 Å². The number of aromatic nitrogens is 3. The molecular weight excluding hydrogens is 645 g/mol. The summed E-state index contributed by atoms with van der Waals surface area (Å²) >= 11 is 0. The van der Waals surface area contributed by atoms with Crippen molar-refractivity contribution in [3.63, 3.8) is 0 Å². The van der Waals surface area contributed by atoms with E-state index in [1.165, 1.54) is 44.5 Å². The molecule has 1 aliphatic carbocycles. The summed E-state index contributed by atoms with van der Waals surface area (Å²) in [5, 5.41) is 0. The quantitative estimate of drug-likeness (QED) is 0.181. The Morgan fingerprint density at radius 3 is 1.47 bits per heavy atom. The summed E-state index contributed by atoms with van der Waals surface area (Å²) in [7, 11) is 0. The molecule has 0 atom stereocenters. The highest BCUT2D eigenvalue weighted by molar-refractivity contribution is 5.93. The van der Waals surface area contributed by atoms with Gasteiger partial charge in [0.15, 0.2) is 11.6 Å². The lowest BCUT2D eigenvalue weighted by molar-refractivity contribution is 0.630. The van der Waals surface area contributed by atoms with Gasteiger partial charge in [-0.25, -0.2) is 4.98 Å². The predicted octanol–water partition coefficient (Wildman–Crippen LogP) is 11.7. The second-order valence-electron chi connectivity index (χ2n) is 14.4. The van der Waals surface area contributed by atoms with Crippen molar-refractivity contribution in [2.24, 2.45) is 0 Å². The van der Waals surface area contributed by atoms with E-state index in [2.05, 4.69) is 164 Å². The van der Waals surface area contributed by atoms with Crippen LogP contribution in [0.5, 0.6) is 0 Å². The van der Waals surface area contributed by atoms with Crippen molar-refractivity contribution < 1.29 is 0 Å². The molecule has 7 aromatic carbocycles. The van der Waals surface area contributed by atoms with Gasteiger partial charge in [-0.05, 0) is 62.7 Å². The molecule has 2 aliphatic rings. The van der Waals surface area contributed by atoms with E-state index in [0.717, 1.165) is 22.5 Å². The molecule has 4 nitrogen and oxygen atoms in total. The monoisotopic (exact) mass is 680 g/mol. The molecule has 53 heavy (non-hydrogen) atoms. The van der Waals surface area contributed by atoms with Crippen LogP contribution in [0.3, 0.4) is 0 Å². The summed E-state index contributed by atoms with van der Waals surface area (Å²) in [6.45, 7) is 4.68. The second kappa shape index (κ2) is 12.0. The van der Waals surface area contributed by atoms with Crippen molar-refractivity contribution in [2.75, 3.05) is 4.90 Å². The third kappa shape index (κ3) is 4.65. The molecule has 0 N–H and O–H groups in total. The van der Waals surface area contributed by atoms with Crippen molar-refractivity contribution in [3.05, 3.63) is 215 Å². The van der Waals surface area contributed by atoms with E-state index in [9.17, 15) is 0 Å². The maximum atomic E-state index is 5.29. The highest BCUT2D eigenvalue weighted by Gasteiger charge is 2.48. The zero-order valence-corrected chi connectivity index (χ0v) is 29.6. The third-order valence-electron chi connectivity index (χ3n) is 11.2. The van der Waals surface area contributed by atoms with E-state index in [-0.39, 0.29) is 5.41 Å². The lowest BCUT2D eigenvalue weighted by Crippen LogP contribution is -2.33. The molecule has 0 radical (unpaired) electrons. The van der Waals surface area contributed by atoms with Gasteiger partial charge in [0.2, 0.25) is 5.95 Å². The second-order valence-corrected chi connectivity index (χ2v) is 14.4. The zero-order valence-electron chi connectivity index (χ0n) is 29.6. The minimum Gasteiger partial charge on any atom is -0.278 e. The molecule has 0 bridgehead atoms. The predicted molar refractivity (Wildman–Crippen MR) is 215 cm³/mol. The third-order valence-corrected chi connectivity index (χ3v) is 11.2. The maximum absolute atomic E-state index is 5.29. The van der Waals surface area contributed by atoms with Gasteiger partial charge in [0.1, 0.15) is 0 Å². The van der Waals surface area contributed by atoms with Crippen molar-refractivity contribution in [3.8, 4) is 33.9 Å². The number of hydrogen-bond donors (Lipinski definition) is 0. The van der Waals surface area contributed by atoms with Crippen LogP contribution in [0.1, 0.15) is 47.2 Å². The van der Waals surface area contributed by atoms with Gasteiger partial charge in [0.05, 0.1) is 16.8 Å². The van der Waals surface area contributed by atoms with Crippen LogP contribution in [0.4, 0.5) is 17.3 Å². The average molecular weight is 681 g/mol. The van der Waals surface area contributed by atoms with E-state index < -0.39 is 5.41 Å². The Bertz CT molecular complexity index is 2540. The van der Waals surface area contributed by atoms with Gasteiger partial charge in [-0.3, -0.25) is 4.90 Å². The lowest BCUT2D eigenvalue weighted by Gasteiger charge is -2.42. The minimum absolute atomic E-state index is 0.311. The van der Waals surface area contributed by atoms with Gasteiger partial charge in [0.25, 0.3) is 0 Å². The first-order valence-electron chi connectivity index (χ1n) is 18.2. The van der Waals surface area contributed by atoms with Crippen LogP contribution in [-0.4, -0.2) is 15.0 Å². The number of nitrogens with zero attached hydrogens (tertiary/aromatic N) is 4. The highest BCUT2D eigenvalue weighted by atomic mass is 15.3. The molecule has 0 spiro atoms. The van der Waals surface area contributed by atoms with Gasteiger partial charge < -0.3 is 0 Å². The van der Waals surface area contributed by atoms with Crippen LogP contribution in [0.2, 0.25) is 0 Å². The first-order valence-corrected chi connectivity index (χ1v) is 18.2. The maximum Gasteiger partial charge on any atom is 0.238 e. The number of rotatable bonds is 5. The van der Waals surface area contributed by atoms with E-state index in [0.29, 0.717) is 17.6 Å². The molecule has 8 aromatic rings. The molecule has 0 unspecified atom stereocenters. The fraction of sp³-hybridized carbons (Fsp3) is 0.0816. The van der Waals surface area contributed by atoms with Crippen LogP contribution < -0.4 is 4.90 Å². The van der Waals surface area contributed by atoms with Crippen LogP contribution in [0.15, 0.2) is 182 Å². The summed E-state index contributed by atoms with van der Waals surface area (Å²) in [6, 6.07) is 64.9. The fourth-order valence-electron chi connectivity index (χ4n) is 8.75. The number of para-hydroxylation sites is 1. The van der Waals surface area contributed by atoms with Crippen LogP contribution >= 0.6 is 0 Å². The van der Waals surface area contributed by atoms with Crippen molar-refractivity contribution in [1.82, 2.24) is 15.0 Å². The number of benzene rings is 7. The summed E-state index contributed by atoms with van der Waals surface area (Å²) in [4.78, 5) is 17.9. The smallest absolute Gasteiger partial charge is 0.238 e. The van der Waals surface area contributed by atoms with Gasteiger partial charge in [-0.2, -0.15) is 9.97 Å². The van der Waals surface area contributed by atoms with E-state index in [1.807, 2.05) is 36.4 Å². The molecule has 1 aromatic heterocycles. The number of fused-ring (bicyclic) bond motifs is 5. The molecule has 1 aliphatic heterocycles. The van der Waals surface area contributed by atoms with Gasteiger partial charge in [0, 0.05) is 16.5 Å². The normalized spacial score (nSPS) is 14.5. The average Bonchev–Trinajstić information content (AvgIpc) is 3.52. The lowest BCUT2D eigenvalue weighted by atomic mass is 9.66. The Morgan fingerprint density at radius 2 is 0.887 bits per heavy atom. The Hall–Kier alpha value is -6.65. The zero-order chi connectivity index (χ0) is 35.6. The molecule has 4 heteroatoms. The molecule has 0 amide bonds. The summed E-state index contributed by atoms with van der Waals surface area (Å²) in [5.41, 5.74) is 13.1. The molecule has 252 valence electrons. The summed E-state index contributed by atoms with van der Waals surface area (Å²) in [5.74, 6) is 1.85. The first kappa shape index (κ1) is 31.1. The molecule has 0 saturated carbocycles. The Morgan fingerprint density at radius 1 is 0.396 bits per heavy atom. The Kier molecular flexibility index (Phi) is 7.02. The Labute approximate surface area is 310 Å². The van der Waals surface area contributed by atoms with E-state index >= 15 is 0 Å². The van der Waals surface area contributed by atoms with Crippen molar-refractivity contribution in [2.45, 2.75) is 24.7 Å². The van der Waals surface area contributed by atoms with Crippen LogP contribution in [0, 0.1) is 0 Å². The molecule has 2 heterocycles. The van der Waals surface area contributed by atoms with Gasteiger partial charge in [-0.15, -0.1) is 0 Å². The van der Waals surface area contributed by atoms with Gasteiger partial charge in [-0.1, -0.05) is 178 Å². The number of hydrogen-bond acceptors (Lipinski definition) is 4. The first-order chi connectivity index (χ1) is 26.0. The molecule has 0 fully saturated rings. The fourth-order valence-corrected chi connectivity index (χ4v) is 8.75. The summed E-state index contributed by atoms with van der Waals surface area (Å²) < 4.78 is 0. The standard InChI is InChI=1S/C49H36N4/c1-48(2)40-29-17-18-30-43(40)53(47-51-45(33-19-7-3-8-20-33)50-46(52-47)34-21-9-4-10-22-34)44-32-41-38(31-42(44)48)37-27-15-16-28-39(37)49(41,35-23-11-5-12-24-35)36-25-13-6-14-26-36/h3-32H,1-2H3. The van der Waals surface area contributed by atoms with E-state index in [4.69, 9.17) is 15.0 Å². The molecular formula is C49H36N4. The SMILES string of the molecule is CC1(C)c2ccccc2N(c2nc(-c3ccccc3)nc(-c3ccccc3)n2)c2cc3c(cc21)-c1ccccc1C3(c1ccccc1)c1ccccc1. The van der Waals surface area contributed by atoms with Crippen molar-refractivity contribution in [1.29, 1.82) is 0 Å². The Balaban J connectivity index is 1.31. The number of anilines is 3. The van der Waals surface area contributed by atoms with Crippen LogP contribution in [-0.2, 0) is 10.8 Å².